The molecule has 1 N–H and O–H groups in total. The molecule has 1 heterocycles. The number of imidazole rings is 1. The summed E-state index contributed by atoms with van der Waals surface area (Å²) < 4.78 is 0. The number of rotatable bonds is 6. The smallest absolute Gasteiger partial charge is 0.129 e. The molecule has 0 spiro atoms. The Morgan fingerprint density at radius 2 is 2.24 bits per heavy atom. The fourth-order valence-electron chi connectivity index (χ4n) is 1.59. The van der Waals surface area contributed by atoms with Gasteiger partial charge in [-0.05, 0) is 32.8 Å². The number of unbranched alkanes of at least 4 members (excludes halogenated alkanes) is 1. The van der Waals surface area contributed by atoms with Crippen molar-refractivity contribution in [1.82, 2.24) is 9.97 Å². The van der Waals surface area contributed by atoms with E-state index in [1.807, 2.05) is 25.2 Å². The number of nitrogens with one attached hydrogen (secondary N) is 1. The molecule has 3 nitrogen and oxygen atoms in total. The number of Topliss-reactive ketones (excluding diaryl/α,β-unsaturated/α-hetero) is 1. The van der Waals surface area contributed by atoms with Crippen molar-refractivity contribution in [1.29, 1.82) is 0 Å². The van der Waals surface area contributed by atoms with E-state index >= 15 is 0 Å². The van der Waals surface area contributed by atoms with Gasteiger partial charge in [0, 0.05) is 12.8 Å². The second kappa shape index (κ2) is 6.84. The monoisotopic (exact) mass is 232 g/mol. The van der Waals surface area contributed by atoms with Gasteiger partial charge in [0.05, 0.1) is 10.7 Å². The molecular formula is C14H20N2O. The molecule has 0 unspecified atom stereocenters. The largest absolute Gasteiger partial charge is 0.342 e. The van der Waals surface area contributed by atoms with Crippen LogP contribution in [0.15, 0.2) is 12.2 Å². The minimum absolute atomic E-state index is 0.254. The molecule has 0 amide bonds. The summed E-state index contributed by atoms with van der Waals surface area (Å²) in [4.78, 5) is 18.4. The van der Waals surface area contributed by atoms with Crippen LogP contribution < -0.4 is 10.7 Å². The zero-order valence-corrected chi connectivity index (χ0v) is 10.6. The van der Waals surface area contributed by atoms with Crippen molar-refractivity contribution >= 4 is 18.4 Å². The molecule has 0 aliphatic rings. The van der Waals surface area contributed by atoms with Gasteiger partial charge in [0.25, 0.3) is 0 Å². The molecule has 0 saturated carbocycles. The molecule has 1 rings (SSSR count). The van der Waals surface area contributed by atoms with Crippen LogP contribution in [-0.4, -0.2) is 15.8 Å². The van der Waals surface area contributed by atoms with Gasteiger partial charge >= 0.3 is 0 Å². The molecule has 1 aromatic heterocycles. The van der Waals surface area contributed by atoms with Crippen molar-refractivity contribution in [3.05, 3.63) is 28.7 Å². The highest BCUT2D eigenvalue weighted by Crippen LogP contribution is 2.00. The molecule has 0 saturated heterocycles. The minimum atomic E-state index is 0.254. The number of aromatic nitrogens is 2. The Kier molecular flexibility index (Phi) is 5.40. The van der Waals surface area contributed by atoms with Crippen molar-refractivity contribution in [2.45, 2.75) is 39.5 Å². The maximum atomic E-state index is 10.8. The van der Waals surface area contributed by atoms with Crippen molar-refractivity contribution in [2.24, 2.45) is 0 Å². The fraction of sp³-hybridized carbons (Fsp3) is 0.429. The van der Waals surface area contributed by atoms with Crippen LogP contribution >= 0.6 is 0 Å². The maximum absolute atomic E-state index is 10.8. The highest BCUT2D eigenvalue weighted by Gasteiger charge is 1.99. The number of carbonyl (C=O) groups is 1. The predicted molar refractivity (Wildman–Crippen MR) is 70.9 cm³/mol. The zero-order valence-electron chi connectivity index (χ0n) is 10.6. The van der Waals surface area contributed by atoms with Crippen molar-refractivity contribution in [3.8, 4) is 0 Å². The fourth-order valence-corrected chi connectivity index (χ4v) is 1.59. The minimum Gasteiger partial charge on any atom is -0.342 e. The molecule has 0 radical (unpaired) electrons. The molecule has 0 fully saturated rings. The molecule has 0 aliphatic heterocycles. The van der Waals surface area contributed by atoms with Gasteiger partial charge in [0.15, 0.2) is 0 Å². The number of ketones is 1. The highest BCUT2D eigenvalue weighted by molar-refractivity contribution is 5.75. The van der Waals surface area contributed by atoms with Crippen LogP contribution in [0.4, 0.5) is 0 Å². The van der Waals surface area contributed by atoms with Gasteiger partial charge in [-0.25, -0.2) is 4.98 Å². The van der Waals surface area contributed by atoms with Gasteiger partial charge < -0.3 is 9.78 Å². The molecule has 0 aromatic carbocycles. The summed E-state index contributed by atoms with van der Waals surface area (Å²) in [6.07, 6.45) is 9.30. The first-order valence-corrected chi connectivity index (χ1v) is 5.99. The lowest BCUT2D eigenvalue weighted by molar-refractivity contribution is -0.117. The lowest BCUT2D eigenvalue weighted by Gasteiger charge is -1.95. The number of nitrogens with zero attached hydrogens (tertiary/aromatic N) is 1. The van der Waals surface area contributed by atoms with E-state index in [9.17, 15) is 4.79 Å². The Morgan fingerprint density at radius 3 is 2.88 bits per heavy atom. The summed E-state index contributed by atoms with van der Waals surface area (Å²) in [5.74, 6) is 1.21. The van der Waals surface area contributed by atoms with E-state index in [0.29, 0.717) is 6.42 Å². The molecule has 0 bridgehead atoms. The van der Waals surface area contributed by atoms with E-state index in [4.69, 9.17) is 0 Å². The number of allylic oxidation sites excluding steroid dienone is 2. The third kappa shape index (κ3) is 4.81. The summed E-state index contributed by atoms with van der Waals surface area (Å²) in [6.45, 7) is 7.51. The van der Waals surface area contributed by atoms with Crippen LogP contribution in [-0.2, 0) is 11.2 Å². The van der Waals surface area contributed by atoms with Gasteiger partial charge in [-0.15, -0.1) is 0 Å². The van der Waals surface area contributed by atoms with E-state index < -0.39 is 0 Å². The van der Waals surface area contributed by atoms with Crippen LogP contribution in [0.3, 0.4) is 0 Å². The third-order valence-corrected chi connectivity index (χ3v) is 2.50. The summed E-state index contributed by atoms with van der Waals surface area (Å²) in [5, 5.41) is 1.74. The van der Waals surface area contributed by atoms with Gasteiger partial charge in [-0.2, -0.15) is 0 Å². The van der Waals surface area contributed by atoms with Gasteiger partial charge in [0.2, 0.25) is 0 Å². The standard InChI is InChI=1S/C14H20N2O/c1-4-5-9-13-12(3)15-14(16-13)10-7-6-8-11(2)17/h4-5,9H,3,6-8,10H2,1-2H3,(H,15,16)/b5-4-,13-9+. The number of carbonyl (C=O) groups excluding carboxylic acids is 1. The first-order valence-electron chi connectivity index (χ1n) is 5.99. The molecule has 17 heavy (non-hydrogen) atoms. The Morgan fingerprint density at radius 1 is 1.47 bits per heavy atom. The quantitative estimate of drug-likeness (QED) is 0.755. The highest BCUT2D eigenvalue weighted by atomic mass is 16.1. The summed E-state index contributed by atoms with van der Waals surface area (Å²) >= 11 is 0. The predicted octanol–water partition coefficient (Wildman–Crippen LogP) is 1.48. The first-order chi connectivity index (χ1) is 8.13. The lowest BCUT2D eigenvalue weighted by atomic mass is 10.1. The van der Waals surface area contributed by atoms with E-state index in [1.165, 1.54) is 0 Å². The number of aromatic amines is 1. The van der Waals surface area contributed by atoms with Crippen molar-refractivity contribution in [3.63, 3.8) is 0 Å². The summed E-state index contributed by atoms with van der Waals surface area (Å²) in [7, 11) is 0. The first kappa shape index (κ1) is 13.4. The molecule has 3 heteroatoms. The van der Waals surface area contributed by atoms with Crippen LogP contribution in [0.25, 0.3) is 12.7 Å². The molecule has 0 aliphatic carbocycles. The van der Waals surface area contributed by atoms with Gasteiger partial charge in [-0.3, -0.25) is 0 Å². The Hall–Kier alpha value is -1.64. The number of hydrogen-bond acceptors (Lipinski definition) is 2. The van der Waals surface area contributed by atoms with E-state index in [-0.39, 0.29) is 5.78 Å². The van der Waals surface area contributed by atoms with Crippen molar-refractivity contribution in [2.75, 3.05) is 0 Å². The SMILES string of the molecule is C=c1[nH]c(CCCCC(C)=O)n/c1=C/C=C\C. The second-order valence-corrected chi connectivity index (χ2v) is 4.15. The van der Waals surface area contributed by atoms with Gasteiger partial charge in [-0.1, -0.05) is 18.7 Å². The average Bonchev–Trinajstić information content (AvgIpc) is 2.62. The van der Waals surface area contributed by atoms with Gasteiger partial charge in [0.1, 0.15) is 11.6 Å². The van der Waals surface area contributed by atoms with Crippen molar-refractivity contribution < 1.29 is 4.79 Å². The van der Waals surface area contributed by atoms with Crippen LogP contribution in [0, 0.1) is 0 Å². The lowest BCUT2D eigenvalue weighted by Crippen LogP contribution is -2.21. The Bertz CT molecular complexity index is 497. The zero-order chi connectivity index (χ0) is 12.7. The van der Waals surface area contributed by atoms with E-state index in [1.54, 1.807) is 6.92 Å². The molecule has 0 atom stereocenters. The average molecular weight is 232 g/mol. The Balaban J connectivity index is 2.56. The summed E-state index contributed by atoms with van der Waals surface area (Å²) in [6, 6.07) is 0. The topological polar surface area (TPSA) is 45.8 Å². The second-order valence-electron chi connectivity index (χ2n) is 4.15. The van der Waals surface area contributed by atoms with Crippen LogP contribution in [0.2, 0.25) is 0 Å². The summed E-state index contributed by atoms with van der Waals surface area (Å²) in [5.41, 5.74) is 0. The third-order valence-electron chi connectivity index (χ3n) is 2.50. The molecule has 1 aromatic rings. The van der Waals surface area contributed by atoms with E-state index in [0.717, 1.165) is 35.8 Å². The normalized spacial score (nSPS) is 12.5. The maximum Gasteiger partial charge on any atom is 0.129 e. The number of hydrogen-bond donors (Lipinski definition) is 1. The number of aryl methyl sites for hydroxylation is 1. The molecular weight excluding hydrogens is 212 g/mol. The number of H-pyrrole nitrogens is 1. The van der Waals surface area contributed by atoms with Crippen LogP contribution in [0.1, 0.15) is 38.9 Å². The Labute approximate surface area is 102 Å². The molecule has 92 valence electrons. The van der Waals surface area contributed by atoms with Crippen LogP contribution in [0.5, 0.6) is 0 Å². The van der Waals surface area contributed by atoms with E-state index in [2.05, 4.69) is 16.5 Å².